The van der Waals surface area contributed by atoms with Gasteiger partial charge in [0.1, 0.15) is 0 Å². The minimum atomic E-state index is -0.346. The molecular formula is C23H30N2O3. The van der Waals surface area contributed by atoms with Gasteiger partial charge >= 0.3 is 5.97 Å². The molecule has 0 N–H and O–H groups in total. The van der Waals surface area contributed by atoms with E-state index in [0.29, 0.717) is 36.6 Å². The highest BCUT2D eigenvalue weighted by Gasteiger charge is 2.24. The Hall–Kier alpha value is -2.43. The second-order valence-electron chi connectivity index (χ2n) is 7.61. The number of aromatic nitrogens is 2. The predicted molar refractivity (Wildman–Crippen MR) is 109 cm³/mol. The second kappa shape index (κ2) is 9.67. The van der Waals surface area contributed by atoms with Crippen LogP contribution < -0.4 is 0 Å². The first-order valence-corrected chi connectivity index (χ1v) is 10.4. The first-order chi connectivity index (χ1) is 13.6. The minimum absolute atomic E-state index is 0.0557. The maximum absolute atomic E-state index is 13.0. The van der Waals surface area contributed by atoms with E-state index in [1.807, 2.05) is 25.1 Å². The number of rotatable bonds is 8. The van der Waals surface area contributed by atoms with Crippen LogP contribution in [0.25, 0.3) is 0 Å². The number of esters is 1. The molecule has 3 rings (SSSR count). The molecule has 28 heavy (non-hydrogen) atoms. The van der Waals surface area contributed by atoms with Gasteiger partial charge in [0, 0.05) is 30.6 Å². The lowest BCUT2D eigenvalue weighted by Gasteiger charge is -2.24. The van der Waals surface area contributed by atoms with Gasteiger partial charge in [-0.1, -0.05) is 25.3 Å². The van der Waals surface area contributed by atoms with Crippen molar-refractivity contribution in [2.75, 3.05) is 6.61 Å². The molecule has 0 radical (unpaired) electrons. The summed E-state index contributed by atoms with van der Waals surface area (Å²) in [6.07, 6.45) is 8.90. The number of carbonyl (C=O) groups is 2. The van der Waals surface area contributed by atoms with Crippen molar-refractivity contribution in [2.24, 2.45) is 5.92 Å². The summed E-state index contributed by atoms with van der Waals surface area (Å²) in [5.74, 6) is 0.276. The lowest BCUT2D eigenvalue weighted by molar-refractivity contribution is 0.0525. The molecule has 2 aromatic rings. The van der Waals surface area contributed by atoms with Gasteiger partial charge in [0.15, 0.2) is 5.78 Å². The largest absolute Gasteiger partial charge is 0.462 e. The van der Waals surface area contributed by atoms with Gasteiger partial charge in [-0.3, -0.25) is 9.78 Å². The van der Waals surface area contributed by atoms with E-state index in [1.165, 1.54) is 32.1 Å². The van der Waals surface area contributed by atoms with Crippen LogP contribution in [0.2, 0.25) is 0 Å². The average Bonchev–Trinajstić information content (AvgIpc) is 3.04. The van der Waals surface area contributed by atoms with Crippen LogP contribution in [0.1, 0.15) is 77.7 Å². The molecule has 0 aromatic carbocycles. The Balaban J connectivity index is 1.82. The number of ether oxygens (including phenoxy) is 1. The molecule has 0 aliphatic heterocycles. The fraction of sp³-hybridized carbons (Fsp3) is 0.522. The van der Waals surface area contributed by atoms with Crippen molar-refractivity contribution in [3.63, 3.8) is 0 Å². The van der Waals surface area contributed by atoms with Crippen LogP contribution in [0.15, 0.2) is 30.5 Å². The molecule has 0 unspecified atom stereocenters. The molecule has 2 heterocycles. The Kier molecular flexibility index (Phi) is 7.01. The number of ketones is 1. The Morgan fingerprint density at radius 1 is 1.21 bits per heavy atom. The number of hydrogen-bond donors (Lipinski definition) is 0. The topological polar surface area (TPSA) is 61.2 Å². The van der Waals surface area contributed by atoms with Crippen LogP contribution in [0, 0.1) is 12.8 Å². The summed E-state index contributed by atoms with van der Waals surface area (Å²) in [5, 5.41) is 0. The molecule has 5 nitrogen and oxygen atoms in total. The number of aryl methyl sites for hydroxylation is 1. The van der Waals surface area contributed by atoms with Crippen molar-refractivity contribution in [1.82, 2.24) is 9.55 Å². The van der Waals surface area contributed by atoms with E-state index in [-0.39, 0.29) is 11.8 Å². The van der Waals surface area contributed by atoms with E-state index < -0.39 is 0 Å². The quantitative estimate of drug-likeness (QED) is 0.488. The maximum Gasteiger partial charge on any atom is 0.339 e. The number of carbonyl (C=O) groups excluding carboxylic acids is 2. The average molecular weight is 383 g/mol. The van der Waals surface area contributed by atoms with Gasteiger partial charge in [-0.15, -0.1) is 0 Å². The molecule has 1 aliphatic rings. The summed E-state index contributed by atoms with van der Waals surface area (Å²) < 4.78 is 7.26. The fourth-order valence-electron chi connectivity index (χ4n) is 4.07. The van der Waals surface area contributed by atoms with E-state index >= 15 is 0 Å². The van der Waals surface area contributed by atoms with Crippen LogP contribution >= 0.6 is 0 Å². The van der Waals surface area contributed by atoms with E-state index in [1.54, 1.807) is 19.2 Å². The van der Waals surface area contributed by atoms with Crippen LogP contribution in [-0.4, -0.2) is 27.9 Å². The van der Waals surface area contributed by atoms with Crippen LogP contribution in [0.4, 0.5) is 0 Å². The summed E-state index contributed by atoms with van der Waals surface area (Å²) in [6, 6.07) is 7.47. The normalized spacial score (nSPS) is 14.8. The standard InChI is InChI=1S/C23H30N2O3/c1-3-28-23(27)20-15-21(22(26)13-12-19-11-7-8-14-24-19)25(17(20)2)16-18-9-5-4-6-10-18/h7-8,11,14-15,18H,3-6,9-10,12-13,16H2,1-2H3. The molecular weight excluding hydrogens is 352 g/mol. The SMILES string of the molecule is CCOC(=O)c1cc(C(=O)CCc2ccccn2)n(CC2CCCCC2)c1C. The Labute approximate surface area is 167 Å². The van der Waals surface area contributed by atoms with Crippen molar-refractivity contribution in [3.05, 3.63) is 53.1 Å². The van der Waals surface area contributed by atoms with E-state index in [0.717, 1.165) is 17.9 Å². The van der Waals surface area contributed by atoms with E-state index in [9.17, 15) is 9.59 Å². The molecule has 5 heteroatoms. The van der Waals surface area contributed by atoms with Crippen LogP contribution in [-0.2, 0) is 17.7 Å². The molecule has 0 saturated heterocycles. The van der Waals surface area contributed by atoms with Gasteiger partial charge in [0.2, 0.25) is 0 Å². The first kappa shape index (κ1) is 20.3. The van der Waals surface area contributed by atoms with E-state index in [4.69, 9.17) is 4.74 Å². The lowest BCUT2D eigenvalue weighted by atomic mass is 9.89. The maximum atomic E-state index is 13.0. The highest BCUT2D eigenvalue weighted by molar-refractivity contribution is 5.99. The Morgan fingerprint density at radius 3 is 2.68 bits per heavy atom. The molecule has 2 aromatic heterocycles. The second-order valence-corrected chi connectivity index (χ2v) is 7.61. The molecule has 0 amide bonds. The van der Waals surface area contributed by atoms with Crippen molar-refractivity contribution in [3.8, 4) is 0 Å². The predicted octanol–water partition coefficient (Wildman–Crippen LogP) is 4.76. The molecule has 1 aliphatic carbocycles. The highest BCUT2D eigenvalue weighted by Crippen LogP contribution is 2.28. The summed E-state index contributed by atoms with van der Waals surface area (Å²) in [4.78, 5) is 29.7. The number of hydrogen-bond acceptors (Lipinski definition) is 4. The molecule has 0 atom stereocenters. The molecule has 150 valence electrons. The van der Waals surface area contributed by atoms with Crippen molar-refractivity contribution < 1.29 is 14.3 Å². The van der Waals surface area contributed by atoms with Crippen molar-refractivity contribution in [2.45, 2.75) is 65.3 Å². The lowest BCUT2D eigenvalue weighted by Crippen LogP contribution is -2.19. The zero-order chi connectivity index (χ0) is 19.9. The van der Waals surface area contributed by atoms with Gasteiger partial charge in [0.25, 0.3) is 0 Å². The number of nitrogens with zero attached hydrogens (tertiary/aromatic N) is 2. The molecule has 1 fully saturated rings. The molecule has 0 bridgehead atoms. The van der Waals surface area contributed by atoms with Crippen LogP contribution in [0.3, 0.4) is 0 Å². The van der Waals surface area contributed by atoms with Gasteiger partial charge < -0.3 is 9.30 Å². The Morgan fingerprint density at radius 2 is 2.00 bits per heavy atom. The summed E-state index contributed by atoms with van der Waals surface area (Å²) in [6.45, 7) is 4.85. The summed E-state index contributed by atoms with van der Waals surface area (Å²) in [7, 11) is 0. The fourth-order valence-corrected chi connectivity index (χ4v) is 4.07. The molecule has 0 spiro atoms. The third-order valence-corrected chi connectivity index (χ3v) is 5.65. The van der Waals surface area contributed by atoms with Gasteiger partial charge in [-0.25, -0.2) is 4.79 Å². The number of Topliss-reactive ketones (excluding diaryl/α,β-unsaturated/α-hetero) is 1. The minimum Gasteiger partial charge on any atom is -0.462 e. The van der Waals surface area contributed by atoms with Crippen molar-refractivity contribution >= 4 is 11.8 Å². The van der Waals surface area contributed by atoms with Gasteiger partial charge in [0.05, 0.1) is 17.9 Å². The smallest absolute Gasteiger partial charge is 0.339 e. The zero-order valence-corrected chi connectivity index (χ0v) is 16.9. The Bertz CT molecular complexity index is 805. The third kappa shape index (κ3) is 4.89. The van der Waals surface area contributed by atoms with Crippen LogP contribution in [0.5, 0.6) is 0 Å². The molecule has 1 saturated carbocycles. The first-order valence-electron chi connectivity index (χ1n) is 10.4. The van der Waals surface area contributed by atoms with Gasteiger partial charge in [-0.2, -0.15) is 0 Å². The summed E-state index contributed by atoms with van der Waals surface area (Å²) in [5.41, 5.74) is 2.88. The third-order valence-electron chi connectivity index (χ3n) is 5.65. The monoisotopic (exact) mass is 382 g/mol. The summed E-state index contributed by atoms with van der Waals surface area (Å²) >= 11 is 0. The van der Waals surface area contributed by atoms with Crippen molar-refractivity contribution in [1.29, 1.82) is 0 Å². The zero-order valence-electron chi connectivity index (χ0n) is 16.9. The van der Waals surface area contributed by atoms with E-state index in [2.05, 4.69) is 9.55 Å². The van der Waals surface area contributed by atoms with Gasteiger partial charge in [-0.05, 0) is 57.2 Å². The highest BCUT2D eigenvalue weighted by atomic mass is 16.5. The number of pyridine rings is 1.